The van der Waals surface area contributed by atoms with Gasteiger partial charge < -0.3 is 72.7 Å². The summed E-state index contributed by atoms with van der Waals surface area (Å²) in [6.07, 6.45) is -17.1. The summed E-state index contributed by atoms with van der Waals surface area (Å²) in [5.74, 6) is -1.16. The first-order chi connectivity index (χ1) is 36.4. The van der Waals surface area contributed by atoms with Gasteiger partial charge in [0.2, 0.25) is 0 Å². The molecular weight excluding hydrogens is 1030 g/mol. The first-order valence-electron chi connectivity index (χ1n) is 24.8. The van der Waals surface area contributed by atoms with Crippen LogP contribution < -0.4 is 5.32 Å². The second-order valence-corrected chi connectivity index (χ2v) is 20.7. The van der Waals surface area contributed by atoms with E-state index in [1.807, 2.05) is 152 Å². The molecule has 3 aliphatic heterocycles. The third kappa shape index (κ3) is 15.6. The van der Waals surface area contributed by atoms with Crippen molar-refractivity contribution < 1.29 is 72.2 Å². The summed E-state index contributed by atoms with van der Waals surface area (Å²) in [4.78, 5) is 13.2. The largest absolute Gasteiger partial charge is 0.394 e. The maximum absolute atomic E-state index is 13.2. The zero-order chi connectivity index (χ0) is 52.7. The highest BCUT2D eigenvalue weighted by Gasteiger charge is 2.56. The van der Waals surface area contributed by atoms with E-state index in [-0.39, 0.29) is 39.6 Å². The fraction of sp³-hybridized carbons (Fsp3) is 0.446. The highest BCUT2D eigenvalue weighted by atomic mass is 35.6. The number of amides is 1. The van der Waals surface area contributed by atoms with Gasteiger partial charge in [0.1, 0.15) is 67.1 Å². The number of halogens is 3. The topological polar surface area (TPSA) is 191 Å². The quantitative estimate of drug-likeness (QED) is 0.0504. The molecule has 8 rings (SSSR count). The summed E-state index contributed by atoms with van der Waals surface area (Å²) < 4.78 is 71.4. The second kappa shape index (κ2) is 28.0. The zero-order valence-corrected chi connectivity index (χ0v) is 43.7. The van der Waals surface area contributed by atoms with Gasteiger partial charge in [-0.05, 0) is 34.7 Å². The van der Waals surface area contributed by atoms with Crippen molar-refractivity contribution in [2.45, 2.75) is 136 Å². The molecule has 75 heavy (non-hydrogen) atoms. The van der Waals surface area contributed by atoms with Gasteiger partial charge in [-0.3, -0.25) is 4.79 Å². The van der Waals surface area contributed by atoms with Gasteiger partial charge in [-0.2, -0.15) is 0 Å². The molecule has 0 radical (unpaired) electrons. The predicted molar refractivity (Wildman–Crippen MR) is 276 cm³/mol. The smallest absolute Gasteiger partial charge is 0.272 e. The van der Waals surface area contributed by atoms with E-state index in [0.29, 0.717) is 0 Å². The number of benzene rings is 5. The molecule has 3 aliphatic rings. The number of hydrogen-bond donors (Lipinski definition) is 4. The molecule has 5 aromatic rings. The molecule has 0 aliphatic carbocycles. The zero-order valence-electron chi connectivity index (χ0n) is 41.4. The van der Waals surface area contributed by atoms with Crippen LogP contribution in [0.1, 0.15) is 34.7 Å². The van der Waals surface area contributed by atoms with Crippen LogP contribution >= 0.6 is 34.8 Å². The Morgan fingerprint density at radius 3 is 1.41 bits per heavy atom. The summed E-state index contributed by atoms with van der Waals surface area (Å²) in [7, 11) is 1.40. The third-order valence-electron chi connectivity index (χ3n) is 13.1. The Morgan fingerprint density at radius 1 is 0.520 bits per heavy atom. The molecule has 1 amide bonds. The average molecular weight is 1100 g/mol. The molecule has 4 N–H and O–H groups in total. The lowest BCUT2D eigenvalue weighted by Crippen LogP contribution is -2.69. The Balaban J connectivity index is 1.22. The van der Waals surface area contributed by atoms with E-state index in [0.717, 1.165) is 27.8 Å². The van der Waals surface area contributed by atoms with Crippen molar-refractivity contribution in [1.82, 2.24) is 5.32 Å². The van der Waals surface area contributed by atoms with Crippen molar-refractivity contribution in [3.63, 3.8) is 0 Å². The first kappa shape index (κ1) is 57.1. The van der Waals surface area contributed by atoms with Crippen LogP contribution in [0.4, 0.5) is 0 Å². The minimum Gasteiger partial charge on any atom is -0.394 e. The van der Waals surface area contributed by atoms with E-state index < -0.39 is 108 Å². The van der Waals surface area contributed by atoms with Crippen molar-refractivity contribution in [3.8, 4) is 0 Å². The first-order valence-corrected chi connectivity index (χ1v) is 25.9. The predicted octanol–water partition coefficient (Wildman–Crippen LogP) is 6.73. The Kier molecular flexibility index (Phi) is 21.3. The van der Waals surface area contributed by atoms with Crippen LogP contribution in [0.3, 0.4) is 0 Å². The summed E-state index contributed by atoms with van der Waals surface area (Å²) in [6, 6.07) is 46.8. The lowest BCUT2D eigenvalue weighted by Gasteiger charge is -2.51. The number of hydrogen-bond acceptors (Lipinski definition) is 15. The summed E-state index contributed by atoms with van der Waals surface area (Å²) in [6.45, 7) is 1.86. The Hall–Kier alpha value is -4.12. The van der Waals surface area contributed by atoms with Gasteiger partial charge in [0.15, 0.2) is 18.9 Å². The lowest BCUT2D eigenvalue weighted by atomic mass is 9.95. The maximum atomic E-state index is 13.2. The molecule has 15 atom stereocenters. The van der Waals surface area contributed by atoms with Gasteiger partial charge in [-0.25, -0.2) is 0 Å². The fourth-order valence-electron chi connectivity index (χ4n) is 9.21. The standard InChI is InChI=1S/C56H64Cl3NO15/c1-35-46(67-30-37-20-10-4-11-21-37)49(51(53(65-2)71-35)75-52-43(60-55(64)56(57,58)59)45(63)44(62)41(28-61)72-52)74-54-50(70-33-40-26-16-7-17-27-40)48(69-32-39-24-14-6-15-25-39)47(68-31-38-22-12-5-13-23-38)42(73-54)34-66-29-36-18-8-3-9-19-36/h3-27,35,41-54,61-63H,28-34H2,1-2H3,(H,60,64)/t35-,41+,42+,43+,44+,45+,46-,47+,48-,49+,50+,51+,52-,53+,54+/m0/s1. The van der Waals surface area contributed by atoms with Crippen molar-refractivity contribution in [2.24, 2.45) is 0 Å². The van der Waals surface area contributed by atoms with Crippen LogP contribution in [0.25, 0.3) is 0 Å². The van der Waals surface area contributed by atoms with Crippen molar-refractivity contribution in [2.75, 3.05) is 20.3 Å². The molecule has 19 heteroatoms. The molecule has 5 aromatic carbocycles. The average Bonchev–Trinajstić information content (AvgIpc) is 3.44. The van der Waals surface area contributed by atoms with Gasteiger partial charge in [-0.15, -0.1) is 0 Å². The number of carbonyl (C=O) groups is 1. The SMILES string of the molecule is CO[C@@H]1O[C@@H](C)[C@H](OCc2ccccc2)[C@@H](O[C@H]2O[C@H](COCc3ccccc3)[C@@H](OCc3ccccc3)[C@H](OCc3ccccc3)[C@H]2OCc2ccccc2)[C@H]1O[C@@H]1O[C@H](CO)[C@@H](O)[C@H](O)[C@H]1NC(=O)C(Cl)(Cl)Cl. The molecule has 0 bridgehead atoms. The van der Waals surface area contributed by atoms with Gasteiger partial charge in [-0.1, -0.05) is 186 Å². The molecule has 0 unspecified atom stereocenters. The molecular formula is C56H64Cl3NO15. The van der Waals surface area contributed by atoms with Gasteiger partial charge in [0.25, 0.3) is 9.70 Å². The summed E-state index contributed by atoms with van der Waals surface area (Å²) >= 11 is 18.0. The van der Waals surface area contributed by atoms with Crippen LogP contribution in [0, 0.1) is 0 Å². The number of carbonyl (C=O) groups excluding carboxylic acids is 1. The maximum Gasteiger partial charge on any atom is 0.272 e. The molecule has 0 aromatic heterocycles. The van der Waals surface area contributed by atoms with Crippen LogP contribution in [-0.2, 0) is 89.9 Å². The van der Waals surface area contributed by atoms with Crippen molar-refractivity contribution in [1.29, 1.82) is 0 Å². The van der Waals surface area contributed by atoms with E-state index in [2.05, 4.69) is 5.32 Å². The van der Waals surface area contributed by atoms with Gasteiger partial charge in [0, 0.05) is 7.11 Å². The molecule has 3 heterocycles. The number of nitrogens with one attached hydrogen (secondary N) is 1. The normalized spacial score (nSPS) is 30.2. The van der Waals surface area contributed by atoms with E-state index in [1.54, 1.807) is 6.92 Å². The van der Waals surface area contributed by atoms with Crippen molar-refractivity contribution in [3.05, 3.63) is 179 Å². The molecule has 0 saturated carbocycles. The molecule has 16 nitrogen and oxygen atoms in total. The summed E-state index contributed by atoms with van der Waals surface area (Å²) in [5.41, 5.74) is 4.44. The Labute approximate surface area is 451 Å². The second-order valence-electron chi connectivity index (χ2n) is 18.4. The number of rotatable bonds is 23. The monoisotopic (exact) mass is 1100 g/mol. The number of aliphatic hydroxyl groups is 3. The van der Waals surface area contributed by atoms with Crippen LogP contribution in [0.15, 0.2) is 152 Å². The minimum atomic E-state index is -2.50. The number of alkyl halides is 3. The highest BCUT2D eigenvalue weighted by Crippen LogP contribution is 2.38. The van der Waals surface area contributed by atoms with Crippen LogP contribution in [0.5, 0.6) is 0 Å². The third-order valence-corrected chi connectivity index (χ3v) is 13.6. The van der Waals surface area contributed by atoms with Crippen LogP contribution in [0.2, 0.25) is 0 Å². The number of aliphatic hydroxyl groups excluding tert-OH is 3. The van der Waals surface area contributed by atoms with E-state index in [4.69, 9.17) is 86.9 Å². The van der Waals surface area contributed by atoms with Crippen LogP contribution in [-0.4, -0.2) is 137 Å². The van der Waals surface area contributed by atoms with Gasteiger partial charge >= 0.3 is 0 Å². The molecule has 3 saturated heterocycles. The molecule has 0 spiro atoms. The Morgan fingerprint density at radius 2 is 0.947 bits per heavy atom. The van der Waals surface area contributed by atoms with E-state index >= 15 is 0 Å². The van der Waals surface area contributed by atoms with Crippen molar-refractivity contribution >= 4 is 40.7 Å². The minimum absolute atomic E-state index is 0.0206. The number of methoxy groups -OCH3 is 1. The molecule has 3 fully saturated rings. The van der Waals surface area contributed by atoms with Gasteiger partial charge in [0.05, 0.1) is 52.4 Å². The lowest BCUT2D eigenvalue weighted by molar-refractivity contribution is -0.390. The summed E-state index contributed by atoms with van der Waals surface area (Å²) in [5, 5.41) is 35.3. The number of ether oxygens (including phenoxy) is 11. The highest BCUT2D eigenvalue weighted by molar-refractivity contribution is 6.76. The Bertz CT molecular complexity index is 2440. The van der Waals surface area contributed by atoms with E-state index in [9.17, 15) is 20.1 Å². The fourth-order valence-corrected chi connectivity index (χ4v) is 9.37. The molecule has 404 valence electrons. The van der Waals surface area contributed by atoms with E-state index in [1.165, 1.54) is 7.11 Å².